The Hall–Kier alpha value is 0.343. The fraction of sp³-hybridized carbons (Fsp3) is 0.350. The predicted molar refractivity (Wildman–Crippen MR) is 117 cm³/mol. The predicted octanol–water partition coefficient (Wildman–Crippen LogP) is 5.13. The SMILES string of the molecule is CC1=CCC(C2=C(C)SC3C2=c2cc(C)sc2=[C]3[Zr]=[C](C)C)=C1.Cl.Cl. The molecule has 25 heavy (non-hydrogen) atoms. The molecule has 1 aromatic heterocycles. The summed E-state index contributed by atoms with van der Waals surface area (Å²) in [5, 5.41) is 2.20. The molecule has 1 unspecified atom stereocenters. The Balaban J connectivity index is 0.00000113. The number of hydrogen-bond acceptors (Lipinski definition) is 2. The van der Waals surface area contributed by atoms with Gasteiger partial charge >= 0.3 is 159 Å². The van der Waals surface area contributed by atoms with E-state index in [4.69, 9.17) is 0 Å². The van der Waals surface area contributed by atoms with Crippen LogP contribution in [0.2, 0.25) is 0 Å². The Bertz CT molecular complexity index is 970. The van der Waals surface area contributed by atoms with Crippen molar-refractivity contribution >= 4 is 60.0 Å². The van der Waals surface area contributed by atoms with E-state index >= 15 is 0 Å². The van der Waals surface area contributed by atoms with Gasteiger partial charge in [0.1, 0.15) is 0 Å². The fourth-order valence-electron chi connectivity index (χ4n) is 3.76. The maximum Gasteiger partial charge on any atom is -0.147 e. The second-order valence-electron chi connectivity index (χ2n) is 6.80. The molecular formula is C20H23Cl2S2Zr. The van der Waals surface area contributed by atoms with E-state index in [0.29, 0.717) is 5.25 Å². The van der Waals surface area contributed by atoms with E-state index in [0.717, 1.165) is 6.42 Å². The van der Waals surface area contributed by atoms with E-state index in [1.807, 2.05) is 14.6 Å². The zero-order valence-corrected chi connectivity index (χ0v) is 20.9. The fourth-order valence-corrected chi connectivity index (χ4v) is 10.2. The largest absolute Gasteiger partial charge is 0.147 e. The number of thioether (sulfide) groups is 1. The minimum Gasteiger partial charge on any atom is -0.147 e. The first-order valence-electron chi connectivity index (χ1n) is 8.13. The molecule has 4 rings (SSSR count). The molecule has 133 valence electrons. The van der Waals surface area contributed by atoms with Gasteiger partial charge in [-0.25, -0.2) is 0 Å². The van der Waals surface area contributed by atoms with E-state index < -0.39 is 22.8 Å². The summed E-state index contributed by atoms with van der Waals surface area (Å²) in [5.74, 6) is 0. The zero-order chi connectivity index (χ0) is 16.3. The quantitative estimate of drug-likeness (QED) is 0.555. The van der Waals surface area contributed by atoms with E-state index in [1.54, 1.807) is 34.6 Å². The second-order valence-corrected chi connectivity index (χ2v) is 13.8. The van der Waals surface area contributed by atoms with E-state index in [1.165, 1.54) is 10.5 Å². The first-order chi connectivity index (χ1) is 11.0. The molecule has 0 saturated carbocycles. The van der Waals surface area contributed by atoms with Crippen molar-refractivity contribution in [3.63, 3.8) is 0 Å². The molecule has 0 amide bonds. The van der Waals surface area contributed by atoms with Gasteiger partial charge in [0.05, 0.1) is 0 Å². The Labute approximate surface area is 182 Å². The van der Waals surface area contributed by atoms with Crippen LogP contribution in [0.25, 0.3) is 8.85 Å². The van der Waals surface area contributed by atoms with Gasteiger partial charge in [0.2, 0.25) is 0 Å². The minimum atomic E-state index is -0.571. The molecule has 5 heteroatoms. The summed E-state index contributed by atoms with van der Waals surface area (Å²) in [6.45, 7) is 11.5. The van der Waals surface area contributed by atoms with Gasteiger partial charge in [-0.15, -0.1) is 24.8 Å². The van der Waals surface area contributed by atoms with Crippen molar-refractivity contribution < 1.29 is 22.8 Å². The van der Waals surface area contributed by atoms with Gasteiger partial charge < -0.3 is 0 Å². The summed E-state index contributed by atoms with van der Waals surface area (Å²) in [7, 11) is 0. The van der Waals surface area contributed by atoms with Crippen LogP contribution in [0, 0.1) is 6.92 Å². The number of fused-ring (bicyclic) bond motifs is 2. The summed E-state index contributed by atoms with van der Waals surface area (Å²) in [6.07, 6.45) is 5.89. The molecule has 0 N–H and O–H groups in total. The van der Waals surface area contributed by atoms with Gasteiger partial charge in [-0.2, -0.15) is 0 Å². The Morgan fingerprint density at radius 3 is 2.48 bits per heavy atom. The standard InChI is InChI=1S/C17H15S2.C3H6.2ClH.Zr/c1-9-4-5-12(6-9)16-11(3)19-15-8-14-13(17(15)16)7-10(2)18-14;1-3-2;;;/h4,6-7,15H,5H2,1-3H3;1-2H3;2*1H;. The van der Waals surface area contributed by atoms with Crippen molar-refractivity contribution in [3.8, 4) is 0 Å². The van der Waals surface area contributed by atoms with Crippen LogP contribution in [0.5, 0.6) is 0 Å². The third-order valence-electron chi connectivity index (χ3n) is 4.58. The number of thiophene rings is 1. The molecule has 0 nitrogen and oxygen atoms in total. The number of aryl methyl sites for hydroxylation is 1. The van der Waals surface area contributed by atoms with Gasteiger partial charge in [0.15, 0.2) is 0 Å². The zero-order valence-electron chi connectivity index (χ0n) is 15.1. The summed E-state index contributed by atoms with van der Waals surface area (Å²) in [5.41, 5.74) is 6.20. The van der Waals surface area contributed by atoms with Crippen LogP contribution in [0.3, 0.4) is 0 Å². The summed E-state index contributed by atoms with van der Waals surface area (Å²) >= 11 is 3.59. The third-order valence-corrected chi connectivity index (χ3v) is 11.1. The molecule has 0 radical (unpaired) electrons. The third kappa shape index (κ3) is 3.70. The van der Waals surface area contributed by atoms with Crippen molar-refractivity contribution in [2.24, 2.45) is 0 Å². The van der Waals surface area contributed by atoms with E-state index in [9.17, 15) is 0 Å². The van der Waals surface area contributed by atoms with Crippen molar-refractivity contribution in [3.05, 3.63) is 54.5 Å². The molecule has 2 aliphatic carbocycles. The van der Waals surface area contributed by atoms with Crippen LogP contribution in [0.4, 0.5) is 0 Å². The summed E-state index contributed by atoms with van der Waals surface area (Å²) < 4.78 is 5.14. The Kier molecular flexibility index (Phi) is 7.05. The topological polar surface area (TPSA) is 0 Å². The number of allylic oxidation sites excluding steroid dienone is 6. The smallest absolute Gasteiger partial charge is 0.147 e. The second kappa shape index (κ2) is 8.15. The molecule has 1 atom stereocenters. The van der Waals surface area contributed by atoms with Crippen molar-refractivity contribution in [2.45, 2.75) is 46.3 Å². The molecule has 0 saturated heterocycles. The Morgan fingerprint density at radius 1 is 1.16 bits per heavy atom. The molecule has 1 aromatic rings. The van der Waals surface area contributed by atoms with Gasteiger partial charge in [-0.3, -0.25) is 0 Å². The summed E-state index contributed by atoms with van der Waals surface area (Å²) in [4.78, 5) is 3.01. The average molecular weight is 490 g/mol. The van der Waals surface area contributed by atoms with Crippen molar-refractivity contribution in [2.75, 3.05) is 0 Å². The average Bonchev–Trinajstić information content (AvgIpc) is 3.16. The van der Waals surface area contributed by atoms with Gasteiger partial charge in [0, 0.05) is 0 Å². The van der Waals surface area contributed by atoms with E-state index in [2.05, 4.69) is 64.6 Å². The number of hydrogen-bond donors (Lipinski definition) is 0. The molecular weight excluding hydrogens is 466 g/mol. The van der Waals surface area contributed by atoms with Crippen LogP contribution in [0.1, 0.15) is 39.0 Å². The molecule has 0 spiro atoms. The van der Waals surface area contributed by atoms with Gasteiger partial charge in [-0.1, -0.05) is 0 Å². The molecule has 3 aliphatic rings. The molecule has 0 aromatic carbocycles. The maximum absolute atomic E-state index is 2.45. The van der Waals surface area contributed by atoms with Crippen LogP contribution in [-0.2, 0) is 22.8 Å². The van der Waals surface area contributed by atoms with Crippen LogP contribution in [0.15, 0.2) is 39.8 Å². The summed E-state index contributed by atoms with van der Waals surface area (Å²) in [6, 6.07) is 2.45. The van der Waals surface area contributed by atoms with Crippen LogP contribution < -0.4 is 9.75 Å². The molecule has 0 fully saturated rings. The monoisotopic (exact) mass is 487 g/mol. The van der Waals surface area contributed by atoms with Crippen LogP contribution >= 0.6 is 47.9 Å². The molecule has 1 aliphatic heterocycles. The maximum atomic E-state index is 2.45. The Morgan fingerprint density at radius 2 is 1.88 bits per heavy atom. The first-order valence-corrected chi connectivity index (χ1v) is 12.3. The van der Waals surface area contributed by atoms with Crippen molar-refractivity contribution in [1.82, 2.24) is 0 Å². The van der Waals surface area contributed by atoms with Crippen molar-refractivity contribution in [1.29, 1.82) is 0 Å². The normalized spacial score (nSPS) is 20.4. The first kappa shape index (κ1) is 21.6. The van der Waals surface area contributed by atoms with Gasteiger partial charge in [-0.05, 0) is 0 Å². The van der Waals surface area contributed by atoms with E-state index in [-0.39, 0.29) is 24.8 Å². The minimum absolute atomic E-state index is 0. The number of rotatable bonds is 2. The van der Waals surface area contributed by atoms with Crippen LogP contribution in [-0.4, -0.2) is 8.46 Å². The van der Waals surface area contributed by atoms with Gasteiger partial charge in [0.25, 0.3) is 0 Å². The number of halogens is 2. The molecule has 2 heterocycles. The molecule has 0 bridgehead atoms.